The minimum Gasteiger partial charge on any atom is -0.374 e. The first-order chi connectivity index (χ1) is 8.17. The molecule has 1 rings (SSSR count). The van der Waals surface area contributed by atoms with E-state index in [2.05, 4.69) is 19.2 Å². The van der Waals surface area contributed by atoms with Gasteiger partial charge in [-0.3, -0.25) is 0 Å². The van der Waals surface area contributed by atoms with Gasteiger partial charge < -0.3 is 10.1 Å². The normalized spacial score (nSPS) is 12.7. The van der Waals surface area contributed by atoms with Crippen molar-refractivity contribution in [3.63, 3.8) is 0 Å². The summed E-state index contributed by atoms with van der Waals surface area (Å²) >= 11 is 0. The number of benzene rings is 1. The SMILES string of the molecule is CCNCc1ccc(F)c(COC(C)CC)c1. The van der Waals surface area contributed by atoms with Crippen LogP contribution in [0.4, 0.5) is 4.39 Å². The third-order valence-electron chi connectivity index (χ3n) is 2.79. The molecule has 3 heteroatoms. The monoisotopic (exact) mass is 239 g/mol. The van der Waals surface area contributed by atoms with Crippen molar-refractivity contribution in [1.82, 2.24) is 5.32 Å². The van der Waals surface area contributed by atoms with Gasteiger partial charge in [0.1, 0.15) is 5.82 Å². The summed E-state index contributed by atoms with van der Waals surface area (Å²) in [5.74, 6) is -0.187. The minimum atomic E-state index is -0.187. The molecule has 1 N–H and O–H groups in total. The largest absolute Gasteiger partial charge is 0.374 e. The van der Waals surface area contributed by atoms with Crippen LogP contribution in [-0.4, -0.2) is 12.6 Å². The lowest BCUT2D eigenvalue weighted by atomic mass is 10.1. The molecule has 0 radical (unpaired) electrons. The molecule has 1 unspecified atom stereocenters. The van der Waals surface area contributed by atoms with E-state index in [0.29, 0.717) is 12.2 Å². The molecule has 0 heterocycles. The summed E-state index contributed by atoms with van der Waals surface area (Å²) < 4.78 is 19.1. The van der Waals surface area contributed by atoms with Crippen LogP contribution in [0.3, 0.4) is 0 Å². The van der Waals surface area contributed by atoms with Crippen molar-refractivity contribution in [2.75, 3.05) is 6.54 Å². The predicted molar refractivity (Wildman–Crippen MR) is 68.3 cm³/mol. The third kappa shape index (κ3) is 4.84. The standard InChI is InChI=1S/C14H22FNO/c1-4-11(3)17-10-13-8-12(9-16-5-2)6-7-14(13)15/h6-8,11,16H,4-5,9-10H2,1-3H3. The summed E-state index contributed by atoms with van der Waals surface area (Å²) in [6.07, 6.45) is 1.12. The van der Waals surface area contributed by atoms with Gasteiger partial charge in [0.25, 0.3) is 0 Å². The fourth-order valence-electron chi connectivity index (χ4n) is 1.47. The number of hydrogen-bond donors (Lipinski definition) is 1. The zero-order chi connectivity index (χ0) is 12.7. The second kappa shape index (κ2) is 7.41. The van der Waals surface area contributed by atoms with Crippen LogP contribution in [0.15, 0.2) is 18.2 Å². The van der Waals surface area contributed by atoms with Crippen molar-refractivity contribution in [3.05, 3.63) is 35.1 Å². The highest BCUT2D eigenvalue weighted by Gasteiger charge is 2.06. The fraction of sp³-hybridized carbons (Fsp3) is 0.571. The Kier molecular flexibility index (Phi) is 6.16. The molecule has 1 aromatic rings. The number of hydrogen-bond acceptors (Lipinski definition) is 2. The van der Waals surface area contributed by atoms with Gasteiger partial charge in [-0.25, -0.2) is 4.39 Å². The number of halogens is 1. The van der Waals surface area contributed by atoms with Crippen molar-refractivity contribution in [3.8, 4) is 0 Å². The Morgan fingerprint density at radius 1 is 1.35 bits per heavy atom. The molecule has 17 heavy (non-hydrogen) atoms. The molecule has 1 atom stereocenters. The molecule has 0 bridgehead atoms. The predicted octanol–water partition coefficient (Wildman–Crippen LogP) is 3.25. The van der Waals surface area contributed by atoms with E-state index in [4.69, 9.17) is 4.74 Å². The van der Waals surface area contributed by atoms with E-state index in [9.17, 15) is 4.39 Å². The van der Waals surface area contributed by atoms with Gasteiger partial charge in [0, 0.05) is 12.1 Å². The third-order valence-corrected chi connectivity index (χ3v) is 2.79. The van der Waals surface area contributed by atoms with Gasteiger partial charge in [0.05, 0.1) is 12.7 Å². The maximum atomic E-state index is 13.5. The van der Waals surface area contributed by atoms with E-state index in [0.717, 1.165) is 25.1 Å². The molecule has 96 valence electrons. The topological polar surface area (TPSA) is 21.3 Å². The highest BCUT2D eigenvalue weighted by Crippen LogP contribution is 2.13. The van der Waals surface area contributed by atoms with Crippen LogP contribution in [-0.2, 0) is 17.9 Å². The average Bonchev–Trinajstić information content (AvgIpc) is 2.35. The zero-order valence-electron chi connectivity index (χ0n) is 10.9. The second-order valence-electron chi connectivity index (χ2n) is 4.24. The first-order valence-corrected chi connectivity index (χ1v) is 6.27. The lowest BCUT2D eigenvalue weighted by Gasteiger charge is -2.12. The van der Waals surface area contributed by atoms with Gasteiger partial charge in [-0.2, -0.15) is 0 Å². The van der Waals surface area contributed by atoms with Gasteiger partial charge >= 0.3 is 0 Å². The lowest BCUT2D eigenvalue weighted by molar-refractivity contribution is 0.0492. The first-order valence-electron chi connectivity index (χ1n) is 6.27. The summed E-state index contributed by atoms with van der Waals surface area (Å²) in [5.41, 5.74) is 1.73. The summed E-state index contributed by atoms with van der Waals surface area (Å²) in [7, 11) is 0. The molecule has 0 aromatic heterocycles. The number of ether oxygens (including phenoxy) is 1. The Morgan fingerprint density at radius 2 is 2.12 bits per heavy atom. The summed E-state index contributed by atoms with van der Waals surface area (Å²) in [4.78, 5) is 0. The summed E-state index contributed by atoms with van der Waals surface area (Å²) in [6.45, 7) is 8.14. The average molecular weight is 239 g/mol. The lowest BCUT2D eigenvalue weighted by Crippen LogP contribution is -2.12. The molecular formula is C14H22FNO. The quantitative estimate of drug-likeness (QED) is 0.788. The molecule has 1 aromatic carbocycles. The minimum absolute atomic E-state index is 0.173. The van der Waals surface area contributed by atoms with Crippen LogP contribution in [0, 0.1) is 5.82 Å². The van der Waals surface area contributed by atoms with E-state index >= 15 is 0 Å². The van der Waals surface area contributed by atoms with Gasteiger partial charge in [-0.15, -0.1) is 0 Å². The number of rotatable bonds is 7. The van der Waals surface area contributed by atoms with Crippen LogP contribution >= 0.6 is 0 Å². The van der Waals surface area contributed by atoms with Crippen molar-refractivity contribution >= 4 is 0 Å². The van der Waals surface area contributed by atoms with Crippen LogP contribution in [0.1, 0.15) is 38.3 Å². The van der Waals surface area contributed by atoms with E-state index in [1.165, 1.54) is 6.07 Å². The highest BCUT2D eigenvalue weighted by atomic mass is 19.1. The smallest absolute Gasteiger partial charge is 0.128 e. The Balaban J connectivity index is 2.62. The Labute approximate surface area is 103 Å². The Morgan fingerprint density at radius 3 is 2.76 bits per heavy atom. The van der Waals surface area contributed by atoms with Crippen molar-refractivity contribution in [1.29, 1.82) is 0 Å². The van der Waals surface area contributed by atoms with E-state index in [1.807, 2.05) is 19.1 Å². The molecule has 0 aliphatic heterocycles. The molecule has 0 amide bonds. The molecule has 2 nitrogen and oxygen atoms in total. The maximum absolute atomic E-state index is 13.5. The molecule has 0 spiro atoms. The molecule has 0 aliphatic rings. The van der Waals surface area contributed by atoms with Crippen molar-refractivity contribution < 1.29 is 9.13 Å². The zero-order valence-corrected chi connectivity index (χ0v) is 10.9. The van der Waals surface area contributed by atoms with Gasteiger partial charge in [0.15, 0.2) is 0 Å². The van der Waals surface area contributed by atoms with Crippen molar-refractivity contribution in [2.24, 2.45) is 0 Å². The Hall–Kier alpha value is -0.930. The summed E-state index contributed by atoms with van der Waals surface area (Å²) in [5, 5.41) is 3.22. The highest BCUT2D eigenvalue weighted by molar-refractivity contribution is 5.24. The van der Waals surface area contributed by atoms with Crippen LogP contribution in [0.25, 0.3) is 0 Å². The Bertz CT molecular complexity index is 341. The molecule has 0 saturated heterocycles. The van der Waals surface area contributed by atoms with Gasteiger partial charge in [0.2, 0.25) is 0 Å². The molecular weight excluding hydrogens is 217 g/mol. The van der Waals surface area contributed by atoms with Gasteiger partial charge in [-0.1, -0.05) is 19.9 Å². The molecule has 0 saturated carbocycles. The van der Waals surface area contributed by atoms with E-state index in [1.54, 1.807) is 0 Å². The fourth-order valence-corrected chi connectivity index (χ4v) is 1.47. The maximum Gasteiger partial charge on any atom is 0.128 e. The molecule has 0 fully saturated rings. The van der Waals surface area contributed by atoms with Crippen LogP contribution < -0.4 is 5.32 Å². The van der Waals surface area contributed by atoms with Crippen LogP contribution in [0.2, 0.25) is 0 Å². The van der Waals surface area contributed by atoms with E-state index in [-0.39, 0.29) is 11.9 Å². The van der Waals surface area contributed by atoms with Crippen LogP contribution in [0.5, 0.6) is 0 Å². The summed E-state index contributed by atoms with van der Waals surface area (Å²) in [6, 6.07) is 5.20. The molecule has 0 aliphatic carbocycles. The number of nitrogens with one attached hydrogen (secondary N) is 1. The van der Waals surface area contributed by atoms with Crippen molar-refractivity contribution in [2.45, 2.75) is 46.4 Å². The first kappa shape index (κ1) is 14.1. The van der Waals surface area contributed by atoms with E-state index < -0.39 is 0 Å². The second-order valence-corrected chi connectivity index (χ2v) is 4.24. The van der Waals surface area contributed by atoms with Gasteiger partial charge in [-0.05, 0) is 37.6 Å².